The van der Waals surface area contributed by atoms with Crippen molar-refractivity contribution in [3.63, 3.8) is 0 Å². The van der Waals surface area contributed by atoms with Gasteiger partial charge in [0, 0.05) is 24.1 Å². The molecule has 2 rings (SSSR count). The average molecular weight is 277 g/mol. The minimum absolute atomic E-state index is 0.0901. The summed E-state index contributed by atoms with van der Waals surface area (Å²) in [6, 6.07) is 0. The zero-order valence-electron chi connectivity index (χ0n) is 13.2. The van der Waals surface area contributed by atoms with E-state index in [0.717, 1.165) is 30.3 Å². The Morgan fingerprint density at radius 1 is 1.20 bits per heavy atom. The Labute approximate surface area is 122 Å². The van der Waals surface area contributed by atoms with Crippen molar-refractivity contribution in [1.82, 2.24) is 14.9 Å². The van der Waals surface area contributed by atoms with Gasteiger partial charge in [0.1, 0.15) is 17.5 Å². The van der Waals surface area contributed by atoms with Gasteiger partial charge in [-0.2, -0.15) is 0 Å². The second kappa shape index (κ2) is 5.95. The summed E-state index contributed by atoms with van der Waals surface area (Å²) in [7, 11) is 0. The van der Waals surface area contributed by atoms with Crippen LogP contribution in [0, 0.1) is 6.92 Å². The second-order valence-corrected chi connectivity index (χ2v) is 6.63. The van der Waals surface area contributed by atoms with E-state index in [9.17, 15) is 0 Å². The van der Waals surface area contributed by atoms with E-state index in [4.69, 9.17) is 5.73 Å². The lowest BCUT2D eigenvalue weighted by molar-refractivity contribution is 0.352. The zero-order chi connectivity index (χ0) is 14.8. The van der Waals surface area contributed by atoms with Crippen molar-refractivity contribution in [3.05, 3.63) is 11.4 Å². The quantitative estimate of drug-likeness (QED) is 0.883. The molecule has 1 aliphatic rings. The number of rotatable bonds is 4. The van der Waals surface area contributed by atoms with Crippen LogP contribution in [0.3, 0.4) is 0 Å². The standard InChI is InChI=1S/C15H27N5/c1-11-12(16)18-14(15(2,3)4)19-13(11)17-7-10-20-8-5-6-9-20/h5-10H2,1-4H3,(H3,16,17,18,19). The Morgan fingerprint density at radius 2 is 1.85 bits per heavy atom. The molecule has 0 spiro atoms. The highest BCUT2D eigenvalue weighted by Gasteiger charge is 2.20. The molecule has 1 fully saturated rings. The first kappa shape index (κ1) is 15.0. The van der Waals surface area contributed by atoms with Crippen LogP contribution in [0.5, 0.6) is 0 Å². The van der Waals surface area contributed by atoms with E-state index in [2.05, 4.69) is 41.0 Å². The maximum Gasteiger partial charge on any atom is 0.138 e. The van der Waals surface area contributed by atoms with Crippen molar-refractivity contribution in [2.24, 2.45) is 0 Å². The minimum Gasteiger partial charge on any atom is -0.383 e. The highest BCUT2D eigenvalue weighted by molar-refractivity contribution is 5.55. The Balaban J connectivity index is 2.04. The lowest BCUT2D eigenvalue weighted by Crippen LogP contribution is -2.27. The van der Waals surface area contributed by atoms with Crippen LogP contribution in [0.4, 0.5) is 11.6 Å². The number of aromatic nitrogens is 2. The van der Waals surface area contributed by atoms with Gasteiger partial charge >= 0.3 is 0 Å². The molecule has 5 nitrogen and oxygen atoms in total. The van der Waals surface area contributed by atoms with Gasteiger partial charge < -0.3 is 16.0 Å². The highest BCUT2D eigenvalue weighted by atomic mass is 15.2. The van der Waals surface area contributed by atoms with Crippen LogP contribution in [0.1, 0.15) is 45.0 Å². The molecule has 0 atom stereocenters. The fraction of sp³-hybridized carbons (Fsp3) is 0.733. The number of hydrogen-bond donors (Lipinski definition) is 2. The molecule has 0 amide bonds. The van der Waals surface area contributed by atoms with E-state index in [-0.39, 0.29) is 5.41 Å². The van der Waals surface area contributed by atoms with E-state index in [1.54, 1.807) is 0 Å². The largest absolute Gasteiger partial charge is 0.383 e. The first-order chi connectivity index (χ1) is 9.38. The first-order valence-electron chi connectivity index (χ1n) is 7.49. The van der Waals surface area contributed by atoms with Gasteiger partial charge in [0.05, 0.1) is 0 Å². The third-order valence-corrected chi connectivity index (χ3v) is 3.77. The molecule has 1 aromatic heterocycles. The monoisotopic (exact) mass is 277 g/mol. The highest BCUT2D eigenvalue weighted by Crippen LogP contribution is 2.24. The number of likely N-dealkylation sites (tertiary alicyclic amines) is 1. The Hall–Kier alpha value is -1.36. The van der Waals surface area contributed by atoms with E-state index >= 15 is 0 Å². The lowest BCUT2D eigenvalue weighted by Gasteiger charge is -2.20. The van der Waals surface area contributed by atoms with Crippen LogP contribution in [0.25, 0.3) is 0 Å². The molecular weight excluding hydrogens is 250 g/mol. The summed E-state index contributed by atoms with van der Waals surface area (Å²) >= 11 is 0. The van der Waals surface area contributed by atoms with Gasteiger partial charge in [-0.15, -0.1) is 0 Å². The second-order valence-electron chi connectivity index (χ2n) is 6.63. The van der Waals surface area contributed by atoms with Crippen LogP contribution in [0.15, 0.2) is 0 Å². The molecule has 0 radical (unpaired) electrons. The summed E-state index contributed by atoms with van der Waals surface area (Å²) in [6.07, 6.45) is 2.65. The maximum atomic E-state index is 6.01. The molecule has 0 aliphatic carbocycles. The zero-order valence-corrected chi connectivity index (χ0v) is 13.2. The molecule has 1 aliphatic heterocycles. The van der Waals surface area contributed by atoms with Crippen LogP contribution < -0.4 is 11.1 Å². The molecule has 1 aromatic rings. The molecule has 3 N–H and O–H groups in total. The van der Waals surface area contributed by atoms with Crippen LogP contribution >= 0.6 is 0 Å². The topological polar surface area (TPSA) is 67.1 Å². The fourth-order valence-electron chi connectivity index (χ4n) is 2.38. The van der Waals surface area contributed by atoms with Crippen molar-refractivity contribution >= 4 is 11.6 Å². The van der Waals surface area contributed by atoms with Crippen molar-refractivity contribution in [2.75, 3.05) is 37.2 Å². The first-order valence-corrected chi connectivity index (χ1v) is 7.49. The maximum absolute atomic E-state index is 6.01. The van der Waals surface area contributed by atoms with Gasteiger partial charge in [-0.3, -0.25) is 0 Å². The average Bonchev–Trinajstić information content (AvgIpc) is 2.86. The van der Waals surface area contributed by atoms with Crippen molar-refractivity contribution in [2.45, 2.75) is 46.0 Å². The van der Waals surface area contributed by atoms with E-state index in [1.165, 1.54) is 25.9 Å². The molecule has 2 heterocycles. The van der Waals surface area contributed by atoms with Gasteiger partial charge in [-0.25, -0.2) is 9.97 Å². The third-order valence-electron chi connectivity index (χ3n) is 3.77. The van der Waals surface area contributed by atoms with Gasteiger partial charge in [-0.05, 0) is 32.9 Å². The summed E-state index contributed by atoms with van der Waals surface area (Å²) in [5, 5.41) is 3.42. The summed E-state index contributed by atoms with van der Waals surface area (Å²) in [5.74, 6) is 2.25. The normalized spacial score (nSPS) is 16.6. The molecule has 20 heavy (non-hydrogen) atoms. The van der Waals surface area contributed by atoms with Crippen LogP contribution in [0.2, 0.25) is 0 Å². The summed E-state index contributed by atoms with van der Waals surface area (Å²) < 4.78 is 0. The van der Waals surface area contributed by atoms with Gasteiger partial charge in [0.15, 0.2) is 0 Å². The SMILES string of the molecule is Cc1c(N)nc(C(C)(C)C)nc1NCCN1CCCC1. The molecule has 112 valence electrons. The minimum atomic E-state index is -0.0901. The number of anilines is 2. The number of nitrogens with one attached hydrogen (secondary N) is 1. The van der Waals surface area contributed by atoms with Crippen molar-refractivity contribution < 1.29 is 0 Å². The summed E-state index contributed by atoms with van der Waals surface area (Å²) in [6.45, 7) is 12.7. The summed E-state index contributed by atoms with van der Waals surface area (Å²) in [4.78, 5) is 11.5. The van der Waals surface area contributed by atoms with Gasteiger partial charge in [0.25, 0.3) is 0 Å². The molecule has 1 saturated heterocycles. The predicted octanol–water partition coefficient (Wildman–Crippen LogP) is 2.17. The molecule has 0 bridgehead atoms. The molecular formula is C15H27N5. The smallest absolute Gasteiger partial charge is 0.138 e. The third kappa shape index (κ3) is 3.60. The van der Waals surface area contributed by atoms with E-state index in [0.29, 0.717) is 5.82 Å². The van der Waals surface area contributed by atoms with Gasteiger partial charge in [0.2, 0.25) is 0 Å². The predicted molar refractivity (Wildman–Crippen MR) is 84.0 cm³/mol. The van der Waals surface area contributed by atoms with E-state index < -0.39 is 0 Å². The summed E-state index contributed by atoms with van der Waals surface area (Å²) in [5.41, 5.74) is 6.86. The fourth-order valence-corrected chi connectivity index (χ4v) is 2.38. The Kier molecular flexibility index (Phi) is 4.48. The lowest BCUT2D eigenvalue weighted by atomic mass is 9.95. The molecule has 0 saturated carbocycles. The van der Waals surface area contributed by atoms with Crippen LogP contribution in [-0.2, 0) is 5.41 Å². The number of nitrogen functional groups attached to an aromatic ring is 1. The molecule has 0 aromatic carbocycles. The van der Waals surface area contributed by atoms with Crippen molar-refractivity contribution in [3.8, 4) is 0 Å². The van der Waals surface area contributed by atoms with E-state index in [1.807, 2.05) is 6.92 Å². The Morgan fingerprint density at radius 3 is 2.45 bits per heavy atom. The van der Waals surface area contributed by atoms with Crippen molar-refractivity contribution in [1.29, 1.82) is 0 Å². The number of nitrogens with two attached hydrogens (primary N) is 1. The molecule has 5 heteroatoms. The Bertz CT molecular complexity index is 458. The number of nitrogens with zero attached hydrogens (tertiary/aromatic N) is 3. The number of hydrogen-bond acceptors (Lipinski definition) is 5. The van der Waals surface area contributed by atoms with Gasteiger partial charge in [-0.1, -0.05) is 20.8 Å². The molecule has 0 unspecified atom stereocenters. The van der Waals surface area contributed by atoms with Crippen LogP contribution in [-0.4, -0.2) is 41.0 Å².